The fourth-order valence-corrected chi connectivity index (χ4v) is 1.63. The molecule has 0 N–H and O–H groups in total. The van der Waals surface area contributed by atoms with Gasteiger partial charge in [0.15, 0.2) is 0 Å². The molecule has 1 aliphatic carbocycles. The highest BCUT2D eigenvalue weighted by Gasteiger charge is 2.25. The third-order valence-corrected chi connectivity index (χ3v) is 2.64. The van der Waals surface area contributed by atoms with Gasteiger partial charge in [0.25, 0.3) is 5.91 Å². The number of carbonyl (C=O) groups excluding carboxylic acids is 1. The van der Waals surface area contributed by atoms with Crippen LogP contribution in [0, 0.1) is 0 Å². The lowest BCUT2D eigenvalue weighted by Crippen LogP contribution is -2.26. The van der Waals surface area contributed by atoms with E-state index in [9.17, 15) is 4.79 Å². The first-order valence-corrected chi connectivity index (χ1v) is 6.84. The van der Waals surface area contributed by atoms with Crippen LogP contribution < -0.4 is 9.47 Å². The normalized spacial score (nSPS) is 14.8. The summed E-state index contributed by atoms with van der Waals surface area (Å²) in [6, 6.07) is 3.42. The van der Waals surface area contributed by atoms with E-state index in [-0.39, 0.29) is 17.6 Å². The molecule has 0 spiro atoms. The van der Waals surface area contributed by atoms with Gasteiger partial charge in [-0.05, 0) is 33.6 Å². The number of carbonyl (C=O) groups is 1. The fourth-order valence-electron chi connectivity index (χ4n) is 1.63. The molecule has 20 heavy (non-hydrogen) atoms. The van der Waals surface area contributed by atoms with E-state index in [0.717, 1.165) is 12.8 Å². The molecular formula is C15H22N2O3. The number of hydrogen-bond donors (Lipinski definition) is 0. The first-order valence-electron chi connectivity index (χ1n) is 6.84. The highest BCUT2D eigenvalue weighted by atomic mass is 16.5. The van der Waals surface area contributed by atoms with Crippen LogP contribution in [0.25, 0.3) is 0 Å². The Labute approximate surface area is 119 Å². The second kappa shape index (κ2) is 5.31. The number of aromatic nitrogens is 1. The van der Waals surface area contributed by atoms with Gasteiger partial charge in [-0.1, -0.05) is 0 Å². The highest BCUT2D eigenvalue weighted by molar-refractivity contribution is 5.92. The molecule has 0 aliphatic heterocycles. The minimum atomic E-state index is -0.371. The highest BCUT2D eigenvalue weighted by Crippen LogP contribution is 2.30. The molecule has 5 heteroatoms. The van der Waals surface area contributed by atoms with Crippen LogP contribution in [0.4, 0.5) is 0 Å². The van der Waals surface area contributed by atoms with Crippen LogP contribution in [0.2, 0.25) is 0 Å². The van der Waals surface area contributed by atoms with Crippen molar-refractivity contribution in [3.63, 3.8) is 0 Å². The molecule has 1 aromatic heterocycles. The molecule has 0 saturated heterocycles. The third kappa shape index (κ3) is 4.11. The number of rotatable bonds is 4. The van der Waals surface area contributed by atoms with Gasteiger partial charge in [0, 0.05) is 26.2 Å². The second-order valence-electron chi connectivity index (χ2n) is 6.26. The second-order valence-corrected chi connectivity index (χ2v) is 6.26. The Kier molecular flexibility index (Phi) is 3.88. The van der Waals surface area contributed by atoms with Gasteiger partial charge < -0.3 is 14.4 Å². The van der Waals surface area contributed by atoms with Crippen molar-refractivity contribution < 1.29 is 14.3 Å². The summed E-state index contributed by atoms with van der Waals surface area (Å²) in [5.41, 5.74) is -0.0312. The number of nitrogens with zero attached hydrogens (tertiary/aromatic N) is 2. The molecule has 1 heterocycles. The zero-order valence-corrected chi connectivity index (χ0v) is 12.8. The molecule has 1 aliphatic rings. The van der Waals surface area contributed by atoms with E-state index in [1.807, 2.05) is 20.8 Å². The van der Waals surface area contributed by atoms with Crippen LogP contribution in [-0.4, -0.2) is 41.6 Å². The largest absolute Gasteiger partial charge is 0.490 e. The standard InChI is InChI=1S/C15H22N2O3/c1-15(2,3)20-13-9-11(19-10-6-7-10)8-12(16-13)14(18)17(4)5/h8-10H,6-7H2,1-5H3. The lowest BCUT2D eigenvalue weighted by atomic mass is 10.2. The monoisotopic (exact) mass is 278 g/mol. The maximum Gasteiger partial charge on any atom is 0.272 e. The van der Waals surface area contributed by atoms with Gasteiger partial charge in [0.2, 0.25) is 5.88 Å². The van der Waals surface area contributed by atoms with Crippen molar-refractivity contribution in [2.24, 2.45) is 0 Å². The molecule has 0 aromatic carbocycles. The summed E-state index contributed by atoms with van der Waals surface area (Å²) in [4.78, 5) is 17.8. The topological polar surface area (TPSA) is 51.7 Å². The van der Waals surface area contributed by atoms with Crippen LogP contribution in [0.1, 0.15) is 44.1 Å². The Morgan fingerprint density at radius 1 is 1.30 bits per heavy atom. The van der Waals surface area contributed by atoms with Crippen molar-refractivity contribution in [1.29, 1.82) is 0 Å². The maximum absolute atomic E-state index is 12.1. The molecule has 2 rings (SSSR count). The van der Waals surface area contributed by atoms with Crippen molar-refractivity contribution in [3.05, 3.63) is 17.8 Å². The van der Waals surface area contributed by atoms with Gasteiger partial charge >= 0.3 is 0 Å². The summed E-state index contributed by atoms with van der Waals surface area (Å²) in [7, 11) is 3.39. The Hall–Kier alpha value is -1.78. The first kappa shape index (κ1) is 14.6. The summed E-state index contributed by atoms with van der Waals surface area (Å²) in [5, 5.41) is 0. The molecule has 0 atom stereocenters. The van der Waals surface area contributed by atoms with Crippen molar-refractivity contribution in [1.82, 2.24) is 9.88 Å². The summed E-state index contributed by atoms with van der Waals surface area (Å²) in [6.45, 7) is 5.82. The third-order valence-electron chi connectivity index (χ3n) is 2.64. The van der Waals surface area contributed by atoms with Crippen molar-refractivity contribution in [2.45, 2.75) is 45.3 Å². The molecule has 1 saturated carbocycles. The summed E-state index contributed by atoms with van der Waals surface area (Å²) < 4.78 is 11.5. The zero-order valence-electron chi connectivity index (χ0n) is 12.8. The number of hydrogen-bond acceptors (Lipinski definition) is 4. The molecule has 1 aromatic rings. The Bertz CT molecular complexity index is 502. The van der Waals surface area contributed by atoms with E-state index in [1.54, 1.807) is 26.2 Å². The van der Waals surface area contributed by atoms with Crippen LogP contribution in [-0.2, 0) is 0 Å². The summed E-state index contributed by atoms with van der Waals surface area (Å²) in [5.74, 6) is 0.901. The van der Waals surface area contributed by atoms with Crippen molar-refractivity contribution in [2.75, 3.05) is 14.1 Å². The predicted molar refractivity (Wildman–Crippen MR) is 76.3 cm³/mol. The molecule has 110 valence electrons. The minimum Gasteiger partial charge on any atom is -0.490 e. The van der Waals surface area contributed by atoms with E-state index in [0.29, 0.717) is 17.3 Å². The zero-order chi connectivity index (χ0) is 14.9. The van der Waals surface area contributed by atoms with Crippen LogP contribution in [0.15, 0.2) is 12.1 Å². The van der Waals surface area contributed by atoms with Gasteiger partial charge in [-0.15, -0.1) is 0 Å². The van der Waals surface area contributed by atoms with Crippen LogP contribution in [0.5, 0.6) is 11.6 Å². The minimum absolute atomic E-state index is 0.162. The van der Waals surface area contributed by atoms with Crippen molar-refractivity contribution >= 4 is 5.91 Å². The average Bonchev–Trinajstić information content (AvgIpc) is 3.09. The van der Waals surface area contributed by atoms with Crippen LogP contribution in [0.3, 0.4) is 0 Å². The summed E-state index contributed by atoms with van der Waals surface area (Å²) in [6.07, 6.45) is 2.39. The molecule has 1 amide bonds. The van der Waals surface area contributed by atoms with E-state index in [4.69, 9.17) is 9.47 Å². The maximum atomic E-state index is 12.1. The predicted octanol–water partition coefficient (Wildman–Crippen LogP) is 2.50. The smallest absolute Gasteiger partial charge is 0.272 e. The van der Waals surface area contributed by atoms with E-state index >= 15 is 0 Å². The van der Waals surface area contributed by atoms with Crippen molar-refractivity contribution in [3.8, 4) is 11.6 Å². The van der Waals surface area contributed by atoms with Gasteiger partial charge in [0.1, 0.15) is 17.0 Å². The summed E-state index contributed by atoms with van der Waals surface area (Å²) >= 11 is 0. The number of amides is 1. The van der Waals surface area contributed by atoms with Gasteiger partial charge in [-0.2, -0.15) is 0 Å². The average molecular weight is 278 g/mol. The molecule has 0 bridgehead atoms. The van der Waals surface area contributed by atoms with Gasteiger partial charge in [-0.3, -0.25) is 4.79 Å². The van der Waals surface area contributed by atoms with E-state index in [1.165, 1.54) is 4.90 Å². The SMILES string of the molecule is CN(C)C(=O)c1cc(OC2CC2)cc(OC(C)(C)C)n1. The first-order chi connectivity index (χ1) is 9.24. The van der Waals surface area contributed by atoms with Gasteiger partial charge in [-0.25, -0.2) is 4.98 Å². The lowest BCUT2D eigenvalue weighted by molar-refractivity contribution is 0.0814. The fraction of sp³-hybridized carbons (Fsp3) is 0.600. The quantitative estimate of drug-likeness (QED) is 0.849. The van der Waals surface area contributed by atoms with Gasteiger partial charge in [0.05, 0.1) is 6.10 Å². The Morgan fingerprint density at radius 2 is 1.95 bits per heavy atom. The van der Waals surface area contributed by atoms with E-state index in [2.05, 4.69) is 4.98 Å². The Morgan fingerprint density at radius 3 is 2.45 bits per heavy atom. The molecule has 1 fully saturated rings. The molecule has 0 radical (unpaired) electrons. The van der Waals surface area contributed by atoms with E-state index < -0.39 is 0 Å². The molecular weight excluding hydrogens is 256 g/mol. The molecule has 5 nitrogen and oxygen atoms in total. The lowest BCUT2D eigenvalue weighted by Gasteiger charge is -2.21. The number of ether oxygens (including phenoxy) is 2. The molecule has 0 unspecified atom stereocenters. The van der Waals surface area contributed by atoms with Crippen LogP contribution >= 0.6 is 0 Å². The Balaban J connectivity index is 2.29. The number of pyridine rings is 1.